The molecule has 0 saturated carbocycles. The number of piperazine rings is 1. The molecule has 3 aliphatic rings. The number of aromatic nitrogens is 4. The van der Waals surface area contributed by atoms with Gasteiger partial charge in [-0.1, -0.05) is 47.2 Å². The molecule has 0 radical (unpaired) electrons. The lowest BCUT2D eigenvalue weighted by Crippen LogP contribution is -2.85. The fourth-order valence-electron chi connectivity index (χ4n) is 5.54. The lowest BCUT2D eigenvalue weighted by atomic mass is 9.94. The Labute approximate surface area is 287 Å². The summed E-state index contributed by atoms with van der Waals surface area (Å²) >= 11 is 2.19. The Bertz CT molecular complexity index is 1750. The number of carbonyl (C=O) groups is 7. The van der Waals surface area contributed by atoms with E-state index in [4.69, 9.17) is 0 Å². The minimum atomic E-state index is -2.12. The van der Waals surface area contributed by atoms with E-state index >= 15 is 0 Å². The molecule has 1 aromatic carbocycles. The van der Waals surface area contributed by atoms with Crippen LogP contribution < -0.4 is 10.6 Å². The molecule has 2 aromatic rings. The van der Waals surface area contributed by atoms with E-state index in [1.54, 1.807) is 39.0 Å². The number of β-lactam (4-membered cyclic amide) rings is 1. The molecule has 1 aromatic heterocycles. The van der Waals surface area contributed by atoms with Gasteiger partial charge in [-0.2, -0.15) is 5.10 Å². The van der Waals surface area contributed by atoms with Crippen molar-refractivity contribution in [3.05, 3.63) is 47.2 Å². The molecule has 49 heavy (non-hydrogen) atoms. The van der Waals surface area contributed by atoms with Crippen molar-refractivity contribution >= 4 is 71.7 Å². The van der Waals surface area contributed by atoms with Crippen molar-refractivity contribution in [1.29, 1.82) is 0 Å². The number of hydrazine groups is 1. The van der Waals surface area contributed by atoms with Crippen LogP contribution in [0.4, 0.5) is 0 Å². The minimum Gasteiger partial charge on any atom is -0.477 e. The lowest BCUT2D eigenvalue weighted by Gasteiger charge is -2.56. The van der Waals surface area contributed by atoms with Crippen LogP contribution in [0.5, 0.6) is 0 Å². The first-order valence-corrected chi connectivity index (χ1v) is 16.8. The van der Waals surface area contributed by atoms with Gasteiger partial charge in [0.05, 0.1) is 6.54 Å². The molecule has 258 valence electrons. The van der Waals surface area contributed by atoms with Crippen LogP contribution in [0, 0.1) is 0 Å². The van der Waals surface area contributed by atoms with Crippen LogP contribution in [0.1, 0.15) is 32.4 Å². The topological polar surface area (TPSA) is 233 Å². The summed E-state index contributed by atoms with van der Waals surface area (Å²) in [7, 11) is 0. The highest BCUT2D eigenvalue weighted by atomic mass is 32.2. The molecule has 6 amide bonds. The van der Waals surface area contributed by atoms with Crippen molar-refractivity contribution in [2.45, 2.75) is 43.0 Å². The van der Waals surface area contributed by atoms with Gasteiger partial charge in [0.25, 0.3) is 11.8 Å². The summed E-state index contributed by atoms with van der Waals surface area (Å²) in [6.45, 7) is 5.46. The van der Waals surface area contributed by atoms with Crippen molar-refractivity contribution in [3.63, 3.8) is 0 Å². The number of rotatable bonds is 14. The number of aliphatic carboxylic acids is 1. The molecule has 3 aliphatic heterocycles. The first-order valence-electron chi connectivity index (χ1n) is 14.8. The van der Waals surface area contributed by atoms with Crippen molar-refractivity contribution < 1.29 is 38.7 Å². The van der Waals surface area contributed by atoms with Gasteiger partial charge >= 0.3 is 17.8 Å². The highest BCUT2D eigenvalue weighted by Gasteiger charge is 2.66. The lowest BCUT2D eigenvalue weighted by molar-refractivity contribution is -0.178. The number of hydrogen-bond acceptors (Lipinski definition) is 13. The molecule has 0 bridgehead atoms. The standard InChI is InChI=1S/C28H31N11O8S2/c1-4-35-10-11-36(23(44)22(35)43)37(15-41)19(17-8-6-5-7-9-17)21(42)30-28(29-14-40)25(47)38-20(24(45)46)18(12-48-26(28)38)13-49-27-31-33-34-39(27)32-16(2)3/h5-9,14-15,19,26H,4,10-13H2,1-3H3,(H,29,40)(H,30,42)(H,45,46)/t19?,26-,28+/m0/s1. The smallest absolute Gasteiger partial charge is 0.352 e. The van der Waals surface area contributed by atoms with Gasteiger partial charge in [0.15, 0.2) is 6.04 Å². The number of carboxylic acid groups (broad SMARTS) is 1. The van der Waals surface area contributed by atoms with Gasteiger partial charge in [-0.3, -0.25) is 33.7 Å². The van der Waals surface area contributed by atoms with Gasteiger partial charge in [-0.15, -0.1) is 16.6 Å². The molecular weight excluding hydrogens is 683 g/mol. The maximum atomic E-state index is 14.2. The maximum Gasteiger partial charge on any atom is 0.352 e. The summed E-state index contributed by atoms with van der Waals surface area (Å²) in [5.41, 5.74) is -1.20. The third kappa shape index (κ3) is 6.45. The fraction of sp³-hybridized carbons (Fsp3) is 0.393. The second-order valence-corrected chi connectivity index (χ2v) is 13.0. The molecule has 4 heterocycles. The predicted octanol–water partition coefficient (Wildman–Crippen LogP) is -1.37. The Kier molecular flexibility index (Phi) is 10.3. The van der Waals surface area contributed by atoms with Crippen LogP contribution in [-0.2, 0) is 33.6 Å². The van der Waals surface area contributed by atoms with Gasteiger partial charge in [0.1, 0.15) is 11.1 Å². The molecule has 1 unspecified atom stereocenters. The van der Waals surface area contributed by atoms with E-state index in [0.717, 1.165) is 38.4 Å². The molecule has 19 nitrogen and oxygen atoms in total. The van der Waals surface area contributed by atoms with Crippen molar-refractivity contribution in [2.24, 2.45) is 5.10 Å². The highest BCUT2D eigenvalue weighted by Crippen LogP contribution is 2.46. The first-order chi connectivity index (χ1) is 23.5. The molecule has 0 spiro atoms. The van der Waals surface area contributed by atoms with Gasteiger partial charge in [0.2, 0.25) is 23.6 Å². The summed E-state index contributed by atoms with van der Waals surface area (Å²) in [6, 6.07) is 6.28. The van der Waals surface area contributed by atoms with Crippen molar-refractivity contribution in [3.8, 4) is 0 Å². The number of benzene rings is 1. The summed E-state index contributed by atoms with van der Waals surface area (Å²) in [6.07, 6.45) is 0.426. The Balaban J connectivity index is 1.44. The number of thioether (sulfide) groups is 2. The maximum absolute atomic E-state index is 14.2. The van der Waals surface area contributed by atoms with E-state index in [0.29, 0.717) is 11.3 Å². The molecule has 5 rings (SSSR count). The van der Waals surface area contributed by atoms with E-state index in [-0.39, 0.29) is 60.4 Å². The number of fused-ring (bicyclic) bond motifs is 1. The normalized spacial score (nSPS) is 21.0. The van der Waals surface area contributed by atoms with Crippen LogP contribution in [-0.4, -0.2) is 136 Å². The summed E-state index contributed by atoms with van der Waals surface area (Å²) in [5.74, 6) is -5.08. The molecule has 3 atom stereocenters. The molecule has 0 aliphatic carbocycles. The van der Waals surface area contributed by atoms with Crippen LogP contribution in [0.2, 0.25) is 0 Å². The third-order valence-corrected chi connectivity index (χ3v) is 10.1. The van der Waals surface area contributed by atoms with E-state index in [1.165, 1.54) is 21.8 Å². The average Bonchev–Trinajstić information content (AvgIpc) is 3.52. The van der Waals surface area contributed by atoms with Gasteiger partial charge in [0, 0.05) is 30.3 Å². The Morgan fingerprint density at radius 2 is 1.92 bits per heavy atom. The van der Waals surface area contributed by atoms with Crippen LogP contribution >= 0.6 is 23.5 Å². The number of amides is 6. The van der Waals surface area contributed by atoms with Crippen molar-refractivity contribution in [1.82, 2.24) is 50.8 Å². The number of tetrazole rings is 1. The molecular formula is C28H31N11O8S2. The second-order valence-electron chi connectivity index (χ2n) is 11.0. The number of carbonyl (C=O) groups excluding carboxylic acids is 6. The van der Waals surface area contributed by atoms with E-state index in [9.17, 15) is 38.7 Å². The Morgan fingerprint density at radius 3 is 2.55 bits per heavy atom. The number of nitrogens with one attached hydrogen (secondary N) is 2. The number of nitrogens with zero attached hydrogens (tertiary/aromatic N) is 9. The van der Waals surface area contributed by atoms with E-state index in [1.807, 2.05) is 0 Å². The quantitative estimate of drug-likeness (QED) is 0.0513. The molecule has 3 N–H and O–H groups in total. The highest BCUT2D eigenvalue weighted by molar-refractivity contribution is 8.01. The zero-order valence-corrected chi connectivity index (χ0v) is 28.0. The molecule has 2 fully saturated rings. The van der Waals surface area contributed by atoms with E-state index < -0.39 is 46.7 Å². The van der Waals surface area contributed by atoms with Crippen LogP contribution in [0.25, 0.3) is 0 Å². The Morgan fingerprint density at radius 1 is 1.18 bits per heavy atom. The minimum absolute atomic E-state index is 0.0761. The number of carboxylic acids is 1. The average molecular weight is 714 g/mol. The van der Waals surface area contributed by atoms with E-state index in [2.05, 4.69) is 31.3 Å². The number of likely N-dealkylation sites (N-methyl/N-ethyl adjacent to an activating group) is 1. The zero-order valence-electron chi connectivity index (χ0n) is 26.4. The second kappa shape index (κ2) is 14.4. The fourth-order valence-corrected chi connectivity index (χ4v) is 7.92. The summed E-state index contributed by atoms with van der Waals surface area (Å²) in [4.78, 5) is 94.3. The predicted molar refractivity (Wildman–Crippen MR) is 172 cm³/mol. The van der Waals surface area contributed by atoms with Crippen LogP contribution in [0.15, 0.2) is 51.9 Å². The first kappa shape index (κ1) is 35.0. The monoisotopic (exact) mass is 713 g/mol. The molecule has 21 heteroatoms. The third-order valence-electron chi connectivity index (χ3n) is 7.74. The number of hydrogen-bond donors (Lipinski definition) is 3. The summed E-state index contributed by atoms with van der Waals surface area (Å²) in [5, 5.41) is 31.4. The van der Waals surface area contributed by atoms with Gasteiger partial charge < -0.3 is 20.6 Å². The zero-order chi connectivity index (χ0) is 35.5. The largest absolute Gasteiger partial charge is 0.477 e. The van der Waals surface area contributed by atoms with Gasteiger partial charge in [-0.25, -0.2) is 14.8 Å². The SMILES string of the molecule is CCN1CCN(N(C=O)C(C(=O)N[C@]2(NC=O)C(=O)N3C(C(=O)O)=C(CSc4nnnn4N=C(C)C)CS[C@H]32)c2ccccc2)C(=O)C1=O. The Hall–Kier alpha value is -5.31. The summed E-state index contributed by atoms with van der Waals surface area (Å²) < 4.78 is 0. The molecule has 2 saturated heterocycles. The van der Waals surface area contributed by atoms with Crippen molar-refractivity contribution in [2.75, 3.05) is 31.1 Å². The van der Waals surface area contributed by atoms with Gasteiger partial charge in [-0.05, 0) is 42.3 Å². The van der Waals surface area contributed by atoms with Crippen LogP contribution in [0.3, 0.4) is 0 Å².